The van der Waals surface area contributed by atoms with Gasteiger partial charge in [0.1, 0.15) is 5.75 Å². The van der Waals surface area contributed by atoms with Crippen LogP contribution in [-0.4, -0.2) is 14.1 Å². The van der Waals surface area contributed by atoms with Crippen LogP contribution in [0.5, 0.6) is 5.75 Å². The highest BCUT2D eigenvalue weighted by Crippen LogP contribution is 2.26. The highest BCUT2D eigenvalue weighted by Gasteiger charge is 2.30. The lowest BCUT2D eigenvalue weighted by molar-refractivity contribution is 0.103. The Morgan fingerprint density at radius 3 is 1.82 bits per heavy atom. The van der Waals surface area contributed by atoms with E-state index in [2.05, 4.69) is 20.8 Å². The fraction of sp³-hybridized carbons (Fsp3) is 0.316. The molecule has 2 nitrogen and oxygen atoms in total. The van der Waals surface area contributed by atoms with Crippen LogP contribution < -0.4 is 4.43 Å². The molecule has 3 heteroatoms. The van der Waals surface area contributed by atoms with E-state index in [0.29, 0.717) is 5.56 Å². The lowest BCUT2D eigenvalue weighted by Gasteiger charge is -2.29. The minimum Gasteiger partial charge on any atom is -0.544 e. The first-order chi connectivity index (χ1) is 10.6. The average Bonchev–Trinajstić information content (AvgIpc) is 2.60. The normalized spacial score (nSPS) is 11.2. The zero-order chi connectivity index (χ0) is 16.0. The molecule has 0 bridgehead atoms. The van der Waals surface area contributed by atoms with Gasteiger partial charge in [0.25, 0.3) is 0 Å². The Morgan fingerprint density at radius 1 is 0.818 bits per heavy atom. The van der Waals surface area contributed by atoms with E-state index in [1.165, 1.54) is 0 Å². The average molecular weight is 312 g/mol. The van der Waals surface area contributed by atoms with Crippen LogP contribution in [0.1, 0.15) is 36.7 Å². The van der Waals surface area contributed by atoms with Gasteiger partial charge in [-0.05, 0) is 42.4 Å². The van der Waals surface area contributed by atoms with E-state index in [1.807, 2.05) is 54.6 Å². The van der Waals surface area contributed by atoms with E-state index in [9.17, 15) is 4.79 Å². The second-order valence-electron chi connectivity index (χ2n) is 5.57. The highest BCUT2D eigenvalue weighted by atomic mass is 28.4. The number of ketones is 1. The number of hydrogen-bond donors (Lipinski definition) is 0. The van der Waals surface area contributed by atoms with Crippen LogP contribution in [0.25, 0.3) is 0 Å². The van der Waals surface area contributed by atoms with Crippen LogP contribution in [0.4, 0.5) is 0 Å². The minimum atomic E-state index is -1.65. The predicted molar refractivity (Wildman–Crippen MR) is 94.1 cm³/mol. The number of hydrogen-bond acceptors (Lipinski definition) is 2. The molecular weight excluding hydrogens is 288 g/mol. The minimum absolute atomic E-state index is 0.0529. The fourth-order valence-electron chi connectivity index (χ4n) is 2.65. The second-order valence-corrected chi connectivity index (χ2v) is 10.3. The van der Waals surface area contributed by atoms with Crippen molar-refractivity contribution in [3.63, 3.8) is 0 Å². The van der Waals surface area contributed by atoms with Crippen LogP contribution in [0, 0.1) is 0 Å². The topological polar surface area (TPSA) is 26.3 Å². The molecule has 0 radical (unpaired) electrons. The predicted octanol–water partition coefficient (Wildman–Crippen LogP) is 5.30. The summed E-state index contributed by atoms with van der Waals surface area (Å²) in [5, 5.41) is 0. The van der Waals surface area contributed by atoms with Crippen molar-refractivity contribution in [1.82, 2.24) is 0 Å². The van der Waals surface area contributed by atoms with Gasteiger partial charge in [0, 0.05) is 11.1 Å². The summed E-state index contributed by atoms with van der Waals surface area (Å²) in [6.45, 7) is 6.64. The number of rotatable bonds is 7. The number of carbonyl (C=O) groups excluding carboxylic acids is 1. The van der Waals surface area contributed by atoms with Gasteiger partial charge in [-0.25, -0.2) is 0 Å². The lowest BCUT2D eigenvalue weighted by atomic mass is 10.0. The maximum atomic E-state index is 12.4. The largest absolute Gasteiger partial charge is 0.544 e. The standard InChI is InChI=1S/C19H24O2Si/c1-4-22(5-2,6-3)21-18-14-12-17(13-15-18)19(20)16-10-8-7-9-11-16/h7-15H,4-6H2,1-3H3. The van der Waals surface area contributed by atoms with E-state index in [1.54, 1.807) is 0 Å². The zero-order valence-electron chi connectivity index (χ0n) is 13.6. The SMILES string of the molecule is CC[Si](CC)(CC)Oc1ccc(C(=O)c2ccccc2)cc1. The molecular formula is C19H24O2Si. The molecule has 2 aromatic rings. The molecule has 0 saturated carbocycles. The second kappa shape index (κ2) is 7.41. The van der Waals surface area contributed by atoms with E-state index >= 15 is 0 Å². The molecule has 22 heavy (non-hydrogen) atoms. The van der Waals surface area contributed by atoms with Gasteiger partial charge in [-0.2, -0.15) is 0 Å². The maximum absolute atomic E-state index is 12.4. The Labute approximate surface area is 134 Å². The monoisotopic (exact) mass is 312 g/mol. The van der Waals surface area contributed by atoms with Gasteiger partial charge in [-0.1, -0.05) is 51.1 Å². The van der Waals surface area contributed by atoms with Crippen LogP contribution >= 0.6 is 0 Å². The van der Waals surface area contributed by atoms with Crippen molar-refractivity contribution in [2.24, 2.45) is 0 Å². The summed E-state index contributed by atoms with van der Waals surface area (Å²) in [5.74, 6) is 0.943. The Bertz CT molecular complexity index is 593. The molecule has 0 amide bonds. The molecule has 0 aliphatic heterocycles. The fourth-order valence-corrected chi connectivity index (χ4v) is 5.22. The van der Waals surface area contributed by atoms with Crippen molar-refractivity contribution < 1.29 is 9.22 Å². The molecule has 0 N–H and O–H groups in total. The number of benzene rings is 2. The molecule has 0 aromatic heterocycles. The highest BCUT2D eigenvalue weighted by molar-refractivity contribution is 6.74. The van der Waals surface area contributed by atoms with Gasteiger partial charge < -0.3 is 4.43 Å². The molecule has 0 spiro atoms. The van der Waals surface area contributed by atoms with E-state index < -0.39 is 8.32 Å². The first-order valence-corrected chi connectivity index (χ1v) is 10.6. The summed E-state index contributed by atoms with van der Waals surface area (Å²) in [4.78, 5) is 12.4. The van der Waals surface area contributed by atoms with Crippen molar-refractivity contribution >= 4 is 14.1 Å². The molecule has 0 saturated heterocycles. The molecule has 116 valence electrons. The Hall–Kier alpha value is -1.87. The Balaban J connectivity index is 2.15. The summed E-state index contributed by atoms with van der Waals surface area (Å²) in [6.07, 6.45) is 0. The maximum Gasteiger partial charge on any atom is 0.250 e. The van der Waals surface area contributed by atoms with Crippen molar-refractivity contribution in [3.05, 3.63) is 65.7 Å². The van der Waals surface area contributed by atoms with Crippen molar-refractivity contribution in [3.8, 4) is 5.75 Å². The van der Waals surface area contributed by atoms with Crippen LogP contribution in [-0.2, 0) is 0 Å². The van der Waals surface area contributed by atoms with Gasteiger partial charge in [-0.3, -0.25) is 4.79 Å². The van der Waals surface area contributed by atoms with Gasteiger partial charge in [0.2, 0.25) is 8.32 Å². The van der Waals surface area contributed by atoms with Crippen LogP contribution in [0.15, 0.2) is 54.6 Å². The first kappa shape index (κ1) is 16.5. The van der Waals surface area contributed by atoms with Crippen molar-refractivity contribution in [1.29, 1.82) is 0 Å². The van der Waals surface area contributed by atoms with Gasteiger partial charge >= 0.3 is 0 Å². The van der Waals surface area contributed by atoms with E-state index in [0.717, 1.165) is 29.4 Å². The summed E-state index contributed by atoms with van der Waals surface area (Å²) < 4.78 is 6.32. The van der Waals surface area contributed by atoms with Crippen molar-refractivity contribution in [2.75, 3.05) is 0 Å². The zero-order valence-corrected chi connectivity index (χ0v) is 14.6. The van der Waals surface area contributed by atoms with Gasteiger partial charge in [0.05, 0.1) is 0 Å². The Morgan fingerprint density at radius 2 is 1.32 bits per heavy atom. The Kier molecular flexibility index (Phi) is 5.55. The molecule has 0 unspecified atom stereocenters. The van der Waals surface area contributed by atoms with Crippen molar-refractivity contribution in [2.45, 2.75) is 38.9 Å². The quantitative estimate of drug-likeness (QED) is 0.512. The van der Waals surface area contributed by atoms with Crippen LogP contribution in [0.3, 0.4) is 0 Å². The molecule has 0 heterocycles. The lowest BCUT2D eigenvalue weighted by Crippen LogP contribution is -2.39. The van der Waals surface area contributed by atoms with E-state index in [-0.39, 0.29) is 5.78 Å². The van der Waals surface area contributed by atoms with Gasteiger partial charge in [0.15, 0.2) is 5.78 Å². The van der Waals surface area contributed by atoms with Crippen LogP contribution in [0.2, 0.25) is 18.1 Å². The molecule has 0 aliphatic rings. The third kappa shape index (κ3) is 3.66. The summed E-state index contributed by atoms with van der Waals surface area (Å²) >= 11 is 0. The third-order valence-corrected chi connectivity index (χ3v) is 8.95. The number of carbonyl (C=O) groups is 1. The third-order valence-electron chi connectivity index (χ3n) is 4.42. The summed E-state index contributed by atoms with van der Waals surface area (Å²) in [6, 6.07) is 20.3. The molecule has 0 aliphatic carbocycles. The van der Waals surface area contributed by atoms with E-state index in [4.69, 9.17) is 4.43 Å². The smallest absolute Gasteiger partial charge is 0.250 e. The molecule has 0 atom stereocenters. The van der Waals surface area contributed by atoms with Gasteiger partial charge in [-0.15, -0.1) is 0 Å². The molecule has 0 fully saturated rings. The summed E-state index contributed by atoms with van der Waals surface area (Å²) in [7, 11) is -1.65. The first-order valence-electron chi connectivity index (χ1n) is 8.03. The molecule has 2 aromatic carbocycles. The summed E-state index contributed by atoms with van der Waals surface area (Å²) in [5.41, 5.74) is 1.42. The molecule has 2 rings (SSSR count).